The minimum Gasteiger partial charge on any atom is -0.339 e. The first-order chi connectivity index (χ1) is 9.72. The fraction of sp³-hybridized carbons (Fsp3) is 0.467. The van der Waals surface area contributed by atoms with Crippen LogP contribution in [0.25, 0.3) is 11.4 Å². The predicted molar refractivity (Wildman–Crippen MR) is 79.0 cm³/mol. The van der Waals surface area contributed by atoms with Crippen LogP contribution in [0.2, 0.25) is 0 Å². The molecule has 0 saturated heterocycles. The number of hydrogen-bond donors (Lipinski definition) is 1. The normalized spacial score (nSPS) is 31.9. The van der Waals surface area contributed by atoms with Crippen molar-refractivity contribution < 1.29 is 4.52 Å². The van der Waals surface area contributed by atoms with Crippen LogP contribution in [-0.4, -0.2) is 16.2 Å². The third-order valence-electron chi connectivity index (χ3n) is 4.79. The molecule has 1 aromatic carbocycles. The number of rotatable bonds is 2. The maximum absolute atomic E-state index is 6.33. The average Bonchev–Trinajstić information content (AvgIpc) is 3.13. The summed E-state index contributed by atoms with van der Waals surface area (Å²) in [6, 6.07) is 8.12. The molecule has 1 aromatic heterocycles. The number of nitrogens with zero attached hydrogens (tertiary/aromatic N) is 2. The van der Waals surface area contributed by atoms with Crippen LogP contribution in [-0.2, 0) is 0 Å². The Hall–Kier alpha value is -1.20. The molecule has 4 rings (SSSR count). The molecule has 2 saturated carbocycles. The van der Waals surface area contributed by atoms with Gasteiger partial charge in [0.15, 0.2) is 0 Å². The highest BCUT2D eigenvalue weighted by atomic mass is 79.9. The first kappa shape index (κ1) is 12.5. The SMILES string of the molecule is NC1C2CCC(C2)C1c1nc(-c2cccc(Br)c2)no1. The number of benzene rings is 1. The molecule has 4 nitrogen and oxygen atoms in total. The van der Waals surface area contributed by atoms with Gasteiger partial charge in [-0.25, -0.2) is 0 Å². The van der Waals surface area contributed by atoms with Gasteiger partial charge in [0.1, 0.15) is 0 Å². The molecule has 5 heteroatoms. The number of nitrogens with two attached hydrogens (primary N) is 1. The molecular formula is C15H16BrN3O. The number of halogens is 1. The van der Waals surface area contributed by atoms with E-state index in [4.69, 9.17) is 10.3 Å². The first-order valence-corrected chi connectivity index (χ1v) is 7.87. The molecule has 20 heavy (non-hydrogen) atoms. The lowest BCUT2D eigenvalue weighted by molar-refractivity contribution is 0.279. The summed E-state index contributed by atoms with van der Waals surface area (Å²) in [5.74, 6) is 2.90. The van der Waals surface area contributed by atoms with Gasteiger partial charge in [0.05, 0.1) is 5.92 Å². The van der Waals surface area contributed by atoms with Crippen LogP contribution in [0.3, 0.4) is 0 Å². The highest BCUT2D eigenvalue weighted by Crippen LogP contribution is 2.51. The van der Waals surface area contributed by atoms with Gasteiger partial charge in [0.25, 0.3) is 0 Å². The zero-order valence-corrected chi connectivity index (χ0v) is 12.6. The summed E-state index contributed by atoms with van der Waals surface area (Å²) in [5, 5.41) is 4.13. The van der Waals surface area contributed by atoms with E-state index in [1.165, 1.54) is 19.3 Å². The molecule has 2 fully saturated rings. The van der Waals surface area contributed by atoms with E-state index in [1.807, 2.05) is 24.3 Å². The lowest BCUT2D eigenvalue weighted by atomic mass is 9.85. The number of aromatic nitrogens is 2. The van der Waals surface area contributed by atoms with E-state index in [0.717, 1.165) is 15.9 Å². The molecule has 2 N–H and O–H groups in total. The first-order valence-electron chi connectivity index (χ1n) is 7.07. The molecule has 0 aliphatic heterocycles. The van der Waals surface area contributed by atoms with Crippen molar-refractivity contribution in [3.8, 4) is 11.4 Å². The van der Waals surface area contributed by atoms with Crippen molar-refractivity contribution in [3.63, 3.8) is 0 Å². The van der Waals surface area contributed by atoms with Crippen LogP contribution in [0.1, 0.15) is 31.1 Å². The van der Waals surface area contributed by atoms with E-state index in [0.29, 0.717) is 17.7 Å². The molecule has 2 aliphatic rings. The molecule has 2 aliphatic carbocycles. The van der Waals surface area contributed by atoms with Gasteiger partial charge in [-0.15, -0.1) is 0 Å². The Morgan fingerprint density at radius 1 is 1.25 bits per heavy atom. The highest BCUT2D eigenvalue weighted by molar-refractivity contribution is 9.10. The second-order valence-corrected chi connectivity index (χ2v) is 6.82. The van der Waals surface area contributed by atoms with Crippen molar-refractivity contribution in [2.45, 2.75) is 31.2 Å². The smallest absolute Gasteiger partial charge is 0.231 e. The Morgan fingerprint density at radius 2 is 2.10 bits per heavy atom. The molecule has 0 spiro atoms. The van der Waals surface area contributed by atoms with E-state index in [-0.39, 0.29) is 12.0 Å². The van der Waals surface area contributed by atoms with Gasteiger partial charge < -0.3 is 10.3 Å². The van der Waals surface area contributed by atoms with Crippen LogP contribution >= 0.6 is 15.9 Å². The third kappa shape index (κ3) is 1.91. The fourth-order valence-corrected chi connectivity index (χ4v) is 4.22. The highest BCUT2D eigenvalue weighted by Gasteiger charge is 2.48. The van der Waals surface area contributed by atoms with Crippen molar-refractivity contribution in [3.05, 3.63) is 34.6 Å². The van der Waals surface area contributed by atoms with E-state index in [1.54, 1.807) is 0 Å². The lowest BCUT2D eigenvalue weighted by Gasteiger charge is -2.24. The van der Waals surface area contributed by atoms with Gasteiger partial charge in [-0.3, -0.25) is 0 Å². The topological polar surface area (TPSA) is 64.9 Å². The molecule has 0 amide bonds. The van der Waals surface area contributed by atoms with Gasteiger partial charge in [-0.2, -0.15) is 4.98 Å². The average molecular weight is 334 g/mol. The van der Waals surface area contributed by atoms with Crippen molar-refractivity contribution in [1.29, 1.82) is 0 Å². The summed E-state index contributed by atoms with van der Waals surface area (Å²) in [4.78, 5) is 4.59. The predicted octanol–water partition coefficient (Wildman–Crippen LogP) is 3.34. The van der Waals surface area contributed by atoms with Crippen LogP contribution in [0.15, 0.2) is 33.3 Å². The largest absolute Gasteiger partial charge is 0.339 e. The molecule has 1 heterocycles. The van der Waals surface area contributed by atoms with Gasteiger partial charge >= 0.3 is 0 Å². The van der Waals surface area contributed by atoms with Crippen molar-refractivity contribution in [2.24, 2.45) is 17.6 Å². The zero-order valence-electron chi connectivity index (χ0n) is 11.0. The summed E-state index contributed by atoms with van der Waals surface area (Å²) in [7, 11) is 0. The Morgan fingerprint density at radius 3 is 2.85 bits per heavy atom. The maximum atomic E-state index is 6.33. The van der Waals surface area contributed by atoms with E-state index < -0.39 is 0 Å². The van der Waals surface area contributed by atoms with Gasteiger partial charge in [0.2, 0.25) is 11.7 Å². The zero-order chi connectivity index (χ0) is 13.7. The second-order valence-electron chi connectivity index (χ2n) is 5.90. The van der Waals surface area contributed by atoms with Crippen molar-refractivity contribution in [2.75, 3.05) is 0 Å². The molecule has 104 valence electrons. The summed E-state index contributed by atoms with van der Waals surface area (Å²) in [6.45, 7) is 0. The Kier molecular flexibility index (Phi) is 2.93. The van der Waals surface area contributed by atoms with Crippen LogP contribution in [0, 0.1) is 11.8 Å². The molecule has 4 atom stereocenters. The van der Waals surface area contributed by atoms with Crippen molar-refractivity contribution in [1.82, 2.24) is 10.1 Å². The lowest BCUT2D eigenvalue weighted by Crippen LogP contribution is -2.34. The summed E-state index contributed by atoms with van der Waals surface area (Å²) in [6.07, 6.45) is 3.73. The monoisotopic (exact) mass is 333 g/mol. The van der Waals surface area contributed by atoms with Gasteiger partial charge in [-0.1, -0.05) is 33.2 Å². The third-order valence-corrected chi connectivity index (χ3v) is 5.28. The standard InChI is InChI=1S/C15H16BrN3O/c16-11-3-1-2-10(7-11)14-18-15(20-19-14)12-8-4-5-9(6-8)13(12)17/h1-3,7-9,12-13H,4-6,17H2. The quantitative estimate of drug-likeness (QED) is 0.915. The van der Waals surface area contributed by atoms with E-state index in [9.17, 15) is 0 Å². The Bertz CT molecular complexity index is 640. The van der Waals surface area contributed by atoms with Crippen LogP contribution in [0.5, 0.6) is 0 Å². The van der Waals surface area contributed by atoms with Gasteiger partial charge in [0, 0.05) is 16.1 Å². The van der Waals surface area contributed by atoms with E-state index in [2.05, 4.69) is 26.1 Å². The van der Waals surface area contributed by atoms with Gasteiger partial charge in [-0.05, 0) is 43.2 Å². The molecule has 2 aromatic rings. The molecule has 4 unspecified atom stereocenters. The summed E-state index contributed by atoms with van der Waals surface area (Å²) < 4.78 is 6.52. The fourth-order valence-electron chi connectivity index (χ4n) is 3.82. The Balaban J connectivity index is 1.66. The minimum absolute atomic E-state index is 0.185. The van der Waals surface area contributed by atoms with E-state index >= 15 is 0 Å². The summed E-state index contributed by atoms with van der Waals surface area (Å²) in [5.41, 5.74) is 7.30. The Labute approximate surface area is 125 Å². The van der Waals surface area contributed by atoms with Crippen LogP contribution < -0.4 is 5.73 Å². The number of hydrogen-bond acceptors (Lipinski definition) is 4. The molecule has 2 bridgehead atoms. The van der Waals surface area contributed by atoms with Crippen molar-refractivity contribution >= 4 is 15.9 Å². The van der Waals surface area contributed by atoms with Crippen LogP contribution in [0.4, 0.5) is 0 Å². The maximum Gasteiger partial charge on any atom is 0.231 e. The molecule has 0 radical (unpaired) electrons. The molecular weight excluding hydrogens is 318 g/mol. The summed E-state index contributed by atoms with van der Waals surface area (Å²) >= 11 is 3.46. The second kappa shape index (κ2) is 4.67. The minimum atomic E-state index is 0.185. The number of fused-ring (bicyclic) bond motifs is 2.